The molecule has 2 aromatic rings. The molecule has 1 aromatic carbocycles. The molecule has 0 aliphatic heterocycles. The van der Waals surface area contributed by atoms with Gasteiger partial charge in [-0.25, -0.2) is 9.97 Å². The summed E-state index contributed by atoms with van der Waals surface area (Å²) in [7, 11) is 0. The van der Waals surface area contributed by atoms with Crippen molar-refractivity contribution in [3.63, 3.8) is 0 Å². The van der Waals surface area contributed by atoms with Crippen LogP contribution in [0.3, 0.4) is 0 Å². The minimum absolute atomic E-state index is 0.972. The second-order valence-electron chi connectivity index (χ2n) is 2.12. The lowest BCUT2D eigenvalue weighted by molar-refractivity contribution is 1.21. The number of aromatic nitrogens is 2. The molecule has 1 aromatic heterocycles. The SMILES string of the molecule is Ic1cccc2[c]ncnc12. The number of hydrogen-bond acceptors (Lipinski definition) is 2. The molecule has 1 radical (unpaired) electrons. The highest BCUT2D eigenvalue weighted by atomic mass is 127. The molecule has 53 valence electrons. The van der Waals surface area contributed by atoms with Crippen molar-refractivity contribution < 1.29 is 0 Å². The molecule has 0 aliphatic rings. The molecule has 0 aliphatic carbocycles. The van der Waals surface area contributed by atoms with Crippen LogP contribution in [0, 0.1) is 9.77 Å². The van der Waals surface area contributed by atoms with Crippen LogP contribution >= 0.6 is 22.6 Å². The topological polar surface area (TPSA) is 25.8 Å². The maximum atomic E-state index is 4.13. The van der Waals surface area contributed by atoms with Gasteiger partial charge in [0.05, 0.1) is 5.52 Å². The zero-order chi connectivity index (χ0) is 7.68. The lowest BCUT2D eigenvalue weighted by atomic mass is 10.2. The van der Waals surface area contributed by atoms with Crippen LogP contribution in [0.5, 0.6) is 0 Å². The number of nitrogens with zero attached hydrogens (tertiary/aromatic N) is 2. The van der Waals surface area contributed by atoms with Crippen molar-refractivity contribution in [2.75, 3.05) is 0 Å². The van der Waals surface area contributed by atoms with Gasteiger partial charge in [0.25, 0.3) is 0 Å². The summed E-state index contributed by atoms with van der Waals surface area (Å²) in [4.78, 5) is 7.95. The van der Waals surface area contributed by atoms with E-state index >= 15 is 0 Å². The van der Waals surface area contributed by atoms with Crippen molar-refractivity contribution >= 4 is 33.5 Å². The van der Waals surface area contributed by atoms with Crippen molar-refractivity contribution in [1.29, 1.82) is 0 Å². The number of benzene rings is 1. The third-order valence-corrected chi connectivity index (χ3v) is 2.29. The summed E-state index contributed by atoms with van der Waals surface area (Å²) in [5.41, 5.74) is 0.975. The molecule has 0 saturated carbocycles. The Kier molecular flexibility index (Phi) is 1.73. The van der Waals surface area contributed by atoms with Crippen LogP contribution in [0.4, 0.5) is 0 Å². The van der Waals surface area contributed by atoms with Gasteiger partial charge in [0, 0.05) is 8.96 Å². The largest absolute Gasteiger partial charge is 0.235 e. The molecule has 0 saturated heterocycles. The fraction of sp³-hybridized carbons (Fsp3) is 0. The van der Waals surface area contributed by atoms with Gasteiger partial charge in [-0.05, 0) is 28.7 Å². The molecule has 0 N–H and O–H groups in total. The molecule has 11 heavy (non-hydrogen) atoms. The zero-order valence-electron chi connectivity index (χ0n) is 5.58. The summed E-state index contributed by atoms with van der Waals surface area (Å²) < 4.78 is 1.14. The van der Waals surface area contributed by atoms with E-state index in [4.69, 9.17) is 0 Å². The maximum Gasteiger partial charge on any atom is 0.116 e. The van der Waals surface area contributed by atoms with E-state index in [0.29, 0.717) is 0 Å². The minimum atomic E-state index is 0.972. The molecule has 3 heteroatoms. The van der Waals surface area contributed by atoms with Crippen LogP contribution < -0.4 is 0 Å². The summed E-state index contributed by atoms with van der Waals surface area (Å²) in [6, 6.07) is 5.95. The quantitative estimate of drug-likeness (QED) is 0.673. The van der Waals surface area contributed by atoms with Crippen molar-refractivity contribution in [2.24, 2.45) is 0 Å². The highest BCUT2D eigenvalue weighted by molar-refractivity contribution is 14.1. The summed E-state index contributed by atoms with van der Waals surface area (Å²) in [6.45, 7) is 0. The Labute approximate surface area is 77.8 Å². The van der Waals surface area contributed by atoms with Crippen molar-refractivity contribution in [3.05, 3.63) is 34.3 Å². The Morgan fingerprint density at radius 2 is 2.27 bits per heavy atom. The molecular weight excluding hydrogens is 251 g/mol. The van der Waals surface area contributed by atoms with Gasteiger partial charge in [0.2, 0.25) is 0 Å². The highest BCUT2D eigenvalue weighted by Gasteiger charge is 1.96. The number of rotatable bonds is 0. The summed E-state index contributed by atoms with van der Waals surface area (Å²) in [5, 5.41) is 0.972. The fourth-order valence-corrected chi connectivity index (χ4v) is 1.56. The lowest BCUT2D eigenvalue weighted by Crippen LogP contribution is -1.83. The van der Waals surface area contributed by atoms with Crippen LogP contribution in [0.1, 0.15) is 0 Å². The molecule has 0 bridgehead atoms. The van der Waals surface area contributed by atoms with E-state index < -0.39 is 0 Å². The Morgan fingerprint density at radius 1 is 1.36 bits per heavy atom. The summed E-state index contributed by atoms with van der Waals surface area (Å²) in [6.07, 6.45) is 4.39. The molecule has 0 atom stereocenters. The van der Waals surface area contributed by atoms with E-state index in [1.807, 2.05) is 18.2 Å². The second kappa shape index (κ2) is 2.73. The average Bonchev–Trinajstić information content (AvgIpc) is 2.06. The first-order chi connectivity index (χ1) is 5.38. The van der Waals surface area contributed by atoms with Crippen LogP contribution in [-0.2, 0) is 0 Å². The minimum Gasteiger partial charge on any atom is -0.235 e. The molecule has 1 heterocycles. The van der Waals surface area contributed by atoms with Crippen molar-refractivity contribution in [2.45, 2.75) is 0 Å². The normalized spacial score (nSPS) is 10.3. The van der Waals surface area contributed by atoms with Crippen LogP contribution in [-0.4, -0.2) is 9.97 Å². The van der Waals surface area contributed by atoms with Crippen LogP contribution in [0.2, 0.25) is 0 Å². The van der Waals surface area contributed by atoms with E-state index in [9.17, 15) is 0 Å². The summed E-state index contributed by atoms with van der Waals surface area (Å²) >= 11 is 2.25. The van der Waals surface area contributed by atoms with Crippen LogP contribution in [0.15, 0.2) is 24.5 Å². The second-order valence-corrected chi connectivity index (χ2v) is 3.28. The first-order valence-electron chi connectivity index (χ1n) is 3.15. The third-order valence-electron chi connectivity index (χ3n) is 1.42. The third kappa shape index (κ3) is 1.20. The Bertz CT molecular complexity index is 381. The number of para-hydroxylation sites is 1. The van der Waals surface area contributed by atoms with Gasteiger partial charge in [-0.2, -0.15) is 0 Å². The van der Waals surface area contributed by atoms with Gasteiger partial charge in [-0.15, -0.1) is 0 Å². The highest BCUT2D eigenvalue weighted by Crippen LogP contribution is 2.15. The Hall–Kier alpha value is -0.710. The van der Waals surface area contributed by atoms with E-state index in [-0.39, 0.29) is 0 Å². The van der Waals surface area contributed by atoms with Crippen molar-refractivity contribution in [1.82, 2.24) is 9.97 Å². The van der Waals surface area contributed by atoms with E-state index in [1.165, 1.54) is 6.33 Å². The molecule has 2 nitrogen and oxygen atoms in total. The molecular formula is C8H4IN2. The van der Waals surface area contributed by atoms with E-state index in [2.05, 4.69) is 38.8 Å². The Morgan fingerprint density at radius 3 is 3.09 bits per heavy atom. The summed E-state index contributed by atoms with van der Waals surface area (Å²) in [5.74, 6) is 0. The first-order valence-corrected chi connectivity index (χ1v) is 4.23. The molecule has 0 fully saturated rings. The molecule has 2 rings (SSSR count). The molecule has 0 amide bonds. The van der Waals surface area contributed by atoms with Gasteiger partial charge < -0.3 is 0 Å². The predicted octanol–water partition coefficient (Wildman–Crippen LogP) is 2.03. The van der Waals surface area contributed by atoms with E-state index in [1.54, 1.807) is 0 Å². The molecule has 0 spiro atoms. The van der Waals surface area contributed by atoms with Gasteiger partial charge in [0.15, 0.2) is 0 Å². The maximum absolute atomic E-state index is 4.13. The number of fused-ring (bicyclic) bond motifs is 1. The van der Waals surface area contributed by atoms with Crippen LogP contribution in [0.25, 0.3) is 10.9 Å². The predicted molar refractivity (Wildman–Crippen MR) is 51.1 cm³/mol. The van der Waals surface area contributed by atoms with Gasteiger partial charge >= 0.3 is 0 Å². The average molecular weight is 255 g/mol. The monoisotopic (exact) mass is 255 g/mol. The molecule has 0 unspecified atom stereocenters. The number of halogens is 1. The Balaban J connectivity index is 2.91. The smallest absolute Gasteiger partial charge is 0.116 e. The van der Waals surface area contributed by atoms with Gasteiger partial charge in [0.1, 0.15) is 12.5 Å². The fourth-order valence-electron chi connectivity index (χ4n) is 0.922. The first kappa shape index (κ1) is 6.97. The van der Waals surface area contributed by atoms with Gasteiger partial charge in [-0.1, -0.05) is 12.1 Å². The van der Waals surface area contributed by atoms with Gasteiger partial charge in [-0.3, -0.25) is 0 Å². The van der Waals surface area contributed by atoms with E-state index in [0.717, 1.165) is 14.5 Å². The zero-order valence-corrected chi connectivity index (χ0v) is 7.74. The lowest BCUT2D eigenvalue weighted by Gasteiger charge is -1.95. The standard InChI is InChI=1S/C8H4IN2/c9-7-3-1-2-6-4-10-5-11-8(6)7/h1-3,5H. The number of hydrogen-bond donors (Lipinski definition) is 0. The van der Waals surface area contributed by atoms with Crippen molar-refractivity contribution in [3.8, 4) is 0 Å².